The third-order valence-electron chi connectivity index (χ3n) is 3.71. The summed E-state index contributed by atoms with van der Waals surface area (Å²) >= 11 is 0. The molecule has 100 valence electrons. The van der Waals surface area contributed by atoms with E-state index < -0.39 is 0 Å². The quantitative estimate of drug-likeness (QED) is 0.765. The summed E-state index contributed by atoms with van der Waals surface area (Å²) in [6, 6.07) is 10.1. The van der Waals surface area contributed by atoms with Crippen LogP contribution < -0.4 is 5.32 Å². The van der Waals surface area contributed by atoms with Crippen LogP contribution in [0.3, 0.4) is 0 Å². The smallest absolute Gasteiger partial charge is 0.120 e. The highest BCUT2D eigenvalue weighted by molar-refractivity contribution is 5.90. The summed E-state index contributed by atoms with van der Waals surface area (Å²) in [6.07, 6.45) is 1.82. The Kier molecular flexibility index (Phi) is 2.92. The largest absolute Gasteiger partial charge is 0.380 e. The van der Waals surface area contributed by atoms with Gasteiger partial charge in [-0.15, -0.1) is 0 Å². The summed E-state index contributed by atoms with van der Waals surface area (Å²) in [5, 5.41) is 20.5. The molecule has 3 rings (SSSR count). The molecule has 2 aromatic heterocycles. The molecule has 0 spiro atoms. The number of fused-ring (bicyclic) bond motifs is 1. The van der Waals surface area contributed by atoms with E-state index in [0.717, 1.165) is 27.8 Å². The van der Waals surface area contributed by atoms with Crippen molar-refractivity contribution in [3.05, 3.63) is 47.4 Å². The first kappa shape index (κ1) is 12.3. The number of hydrogen-bond acceptors (Lipinski definition) is 3. The zero-order valence-corrected chi connectivity index (χ0v) is 11.4. The maximum atomic E-state index is 9.05. The average Bonchev–Trinajstić information content (AvgIpc) is 3.04. The number of rotatable bonds is 3. The molecule has 0 amide bonds. The second kappa shape index (κ2) is 4.74. The van der Waals surface area contributed by atoms with Gasteiger partial charge in [0.25, 0.3) is 0 Å². The number of benzene rings is 1. The summed E-state index contributed by atoms with van der Waals surface area (Å²) in [4.78, 5) is 0. The van der Waals surface area contributed by atoms with Gasteiger partial charge >= 0.3 is 0 Å². The maximum absolute atomic E-state index is 9.05. The van der Waals surface area contributed by atoms with E-state index >= 15 is 0 Å². The Morgan fingerprint density at radius 1 is 1.45 bits per heavy atom. The molecule has 0 bridgehead atoms. The maximum Gasteiger partial charge on any atom is 0.120 e. The van der Waals surface area contributed by atoms with E-state index in [4.69, 9.17) is 5.26 Å². The van der Waals surface area contributed by atoms with Crippen LogP contribution in [-0.2, 0) is 13.6 Å². The van der Waals surface area contributed by atoms with Gasteiger partial charge in [-0.3, -0.25) is 5.10 Å². The number of aromatic nitrogens is 3. The van der Waals surface area contributed by atoms with E-state index in [1.807, 2.05) is 49.0 Å². The molecule has 0 fully saturated rings. The zero-order valence-electron chi connectivity index (χ0n) is 11.4. The SMILES string of the molecule is Cc1c(CNc2cccc3[nH]ncc23)cc(C#N)n1C. The lowest BCUT2D eigenvalue weighted by atomic mass is 10.2. The van der Waals surface area contributed by atoms with Gasteiger partial charge < -0.3 is 9.88 Å². The van der Waals surface area contributed by atoms with E-state index in [0.29, 0.717) is 12.2 Å². The van der Waals surface area contributed by atoms with Gasteiger partial charge in [0, 0.05) is 30.4 Å². The molecule has 0 aliphatic rings. The van der Waals surface area contributed by atoms with E-state index in [9.17, 15) is 0 Å². The summed E-state index contributed by atoms with van der Waals surface area (Å²) in [7, 11) is 1.91. The number of anilines is 1. The highest BCUT2D eigenvalue weighted by atomic mass is 15.1. The molecule has 0 saturated carbocycles. The molecule has 20 heavy (non-hydrogen) atoms. The number of aromatic amines is 1. The second-order valence-corrected chi connectivity index (χ2v) is 4.80. The molecule has 2 heterocycles. The van der Waals surface area contributed by atoms with Crippen molar-refractivity contribution in [1.29, 1.82) is 5.26 Å². The Balaban J connectivity index is 1.87. The molecule has 0 saturated heterocycles. The van der Waals surface area contributed by atoms with Gasteiger partial charge in [0.05, 0.1) is 11.7 Å². The summed E-state index contributed by atoms with van der Waals surface area (Å²) in [5.74, 6) is 0. The fourth-order valence-corrected chi connectivity index (χ4v) is 2.36. The first-order valence-corrected chi connectivity index (χ1v) is 6.42. The predicted molar refractivity (Wildman–Crippen MR) is 78.3 cm³/mol. The molecule has 0 unspecified atom stereocenters. The van der Waals surface area contributed by atoms with Crippen LogP contribution in [0.1, 0.15) is 17.0 Å². The minimum Gasteiger partial charge on any atom is -0.380 e. The Hall–Kier alpha value is -2.74. The lowest BCUT2D eigenvalue weighted by Gasteiger charge is -2.07. The Labute approximate surface area is 116 Å². The van der Waals surface area contributed by atoms with Crippen LogP contribution in [0.15, 0.2) is 30.5 Å². The monoisotopic (exact) mass is 265 g/mol. The lowest BCUT2D eigenvalue weighted by molar-refractivity contribution is 0.856. The van der Waals surface area contributed by atoms with E-state index in [1.165, 1.54) is 0 Å². The number of hydrogen-bond donors (Lipinski definition) is 2. The van der Waals surface area contributed by atoms with Crippen molar-refractivity contribution >= 4 is 16.6 Å². The molecule has 0 aliphatic heterocycles. The van der Waals surface area contributed by atoms with Crippen molar-refractivity contribution in [2.24, 2.45) is 7.05 Å². The van der Waals surface area contributed by atoms with E-state index in [-0.39, 0.29) is 0 Å². The normalized spacial score (nSPS) is 10.7. The second-order valence-electron chi connectivity index (χ2n) is 4.80. The molecule has 5 heteroatoms. The van der Waals surface area contributed by atoms with Gasteiger partial charge in [-0.2, -0.15) is 10.4 Å². The summed E-state index contributed by atoms with van der Waals surface area (Å²) in [5.41, 5.74) is 4.97. The van der Waals surface area contributed by atoms with Crippen LogP contribution in [0.2, 0.25) is 0 Å². The minimum absolute atomic E-state index is 0.681. The van der Waals surface area contributed by atoms with Crippen molar-refractivity contribution in [2.75, 3.05) is 5.32 Å². The minimum atomic E-state index is 0.681. The topological polar surface area (TPSA) is 69.4 Å². The van der Waals surface area contributed by atoms with Crippen LogP contribution in [-0.4, -0.2) is 14.8 Å². The fourth-order valence-electron chi connectivity index (χ4n) is 2.36. The van der Waals surface area contributed by atoms with E-state index in [1.54, 1.807) is 0 Å². The Morgan fingerprint density at radius 3 is 3.05 bits per heavy atom. The first-order chi connectivity index (χ1) is 9.70. The molecular formula is C15H15N5. The molecule has 0 aliphatic carbocycles. The fraction of sp³-hybridized carbons (Fsp3) is 0.200. The van der Waals surface area contributed by atoms with Crippen molar-refractivity contribution in [1.82, 2.24) is 14.8 Å². The van der Waals surface area contributed by atoms with Crippen LogP contribution in [0.25, 0.3) is 10.9 Å². The molecule has 1 aromatic carbocycles. The van der Waals surface area contributed by atoms with Gasteiger partial charge in [-0.1, -0.05) is 6.07 Å². The lowest BCUT2D eigenvalue weighted by Crippen LogP contribution is -2.01. The Morgan fingerprint density at radius 2 is 2.30 bits per heavy atom. The van der Waals surface area contributed by atoms with E-state index in [2.05, 4.69) is 21.6 Å². The van der Waals surface area contributed by atoms with Crippen LogP contribution in [0.5, 0.6) is 0 Å². The van der Waals surface area contributed by atoms with Crippen LogP contribution in [0, 0.1) is 18.3 Å². The molecule has 0 radical (unpaired) electrons. The van der Waals surface area contributed by atoms with Crippen molar-refractivity contribution in [2.45, 2.75) is 13.5 Å². The summed E-state index contributed by atoms with van der Waals surface area (Å²) < 4.78 is 1.91. The molecule has 3 aromatic rings. The Bertz CT molecular complexity index is 803. The van der Waals surface area contributed by atoms with Gasteiger partial charge in [-0.25, -0.2) is 0 Å². The van der Waals surface area contributed by atoms with Gasteiger partial charge in [0.1, 0.15) is 11.8 Å². The highest BCUT2D eigenvalue weighted by Gasteiger charge is 2.09. The third kappa shape index (κ3) is 1.91. The average molecular weight is 265 g/mol. The van der Waals surface area contributed by atoms with Crippen LogP contribution in [0.4, 0.5) is 5.69 Å². The highest BCUT2D eigenvalue weighted by Crippen LogP contribution is 2.22. The molecule has 5 nitrogen and oxygen atoms in total. The van der Waals surface area contributed by atoms with Crippen molar-refractivity contribution in [3.8, 4) is 6.07 Å². The van der Waals surface area contributed by atoms with Gasteiger partial charge in [-0.05, 0) is 30.7 Å². The third-order valence-corrected chi connectivity index (χ3v) is 3.71. The number of nitrogens with one attached hydrogen (secondary N) is 2. The summed E-state index contributed by atoms with van der Waals surface area (Å²) in [6.45, 7) is 2.71. The molecule has 0 atom stereocenters. The molecular weight excluding hydrogens is 250 g/mol. The first-order valence-electron chi connectivity index (χ1n) is 6.42. The van der Waals surface area contributed by atoms with Crippen molar-refractivity contribution in [3.63, 3.8) is 0 Å². The standard InChI is InChI=1S/C15H15N5/c1-10-11(6-12(7-16)20(10)2)8-17-14-4-3-5-15-13(14)9-18-19-15/h3-6,9,17H,8H2,1-2H3,(H,18,19). The molecule has 2 N–H and O–H groups in total. The number of H-pyrrole nitrogens is 1. The van der Waals surface area contributed by atoms with Crippen molar-refractivity contribution < 1.29 is 0 Å². The number of nitriles is 1. The van der Waals surface area contributed by atoms with Gasteiger partial charge in [0.15, 0.2) is 0 Å². The van der Waals surface area contributed by atoms with Crippen LogP contribution >= 0.6 is 0 Å². The number of nitrogens with zero attached hydrogens (tertiary/aromatic N) is 3. The van der Waals surface area contributed by atoms with Gasteiger partial charge in [0.2, 0.25) is 0 Å². The zero-order chi connectivity index (χ0) is 14.1. The predicted octanol–water partition coefficient (Wildman–Crippen LogP) is 2.69.